The van der Waals surface area contributed by atoms with Gasteiger partial charge in [-0.3, -0.25) is 14.4 Å². The van der Waals surface area contributed by atoms with Crippen LogP contribution in [0, 0.1) is 13.8 Å². The molecule has 2 N–H and O–H groups in total. The van der Waals surface area contributed by atoms with Crippen LogP contribution in [-0.2, 0) is 4.74 Å². The Balaban J connectivity index is 2.06. The summed E-state index contributed by atoms with van der Waals surface area (Å²) in [4.78, 5) is 42.5. The van der Waals surface area contributed by atoms with Gasteiger partial charge in [0.25, 0.3) is 0 Å². The number of hydrogen-bond acceptors (Lipinski definition) is 7. The smallest absolute Gasteiger partial charge is 0.193 e. The Labute approximate surface area is 167 Å². The normalized spacial score (nSPS) is 17.0. The van der Waals surface area contributed by atoms with Crippen molar-refractivity contribution in [1.29, 1.82) is 0 Å². The van der Waals surface area contributed by atoms with Crippen molar-refractivity contribution in [3.05, 3.63) is 44.6 Å². The fraction of sp³-hybridized carbons (Fsp3) is 0.364. The number of carbonyl (C=O) groups excluding carboxylic acids is 2. The maximum absolute atomic E-state index is 13.1. The van der Waals surface area contributed by atoms with Crippen LogP contribution in [0.3, 0.4) is 0 Å². The van der Waals surface area contributed by atoms with Crippen LogP contribution in [0.4, 0.5) is 5.69 Å². The summed E-state index contributed by atoms with van der Waals surface area (Å²) in [6, 6.07) is 2.86. The van der Waals surface area contributed by atoms with E-state index in [9.17, 15) is 14.4 Å². The van der Waals surface area contributed by atoms with E-state index in [1.54, 1.807) is 19.9 Å². The third-order valence-corrected chi connectivity index (χ3v) is 5.54. The molecule has 1 aromatic carbocycles. The van der Waals surface area contributed by atoms with Gasteiger partial charge in [0.2, 0.25) is 0 Å². The lowest BCUT2D eigenvalue weighted by Crippen LogP contribution is -2.30. The molecule has 1 saturated heterocycles. The molecule has 3 aliphatic rings. The van der Waals surface area contributed by atoms with E-state index in [0.29, 0.717) is 46.5 Å². The number of ether oxygens (including phenoxy) is 1. The average Bonchev–Trinajstić information content (AvgIpc) is 2.72. The topological polar surface area (TPSA) is 112 Å². The van der Waals surface area contributed by atoms with Crippen LogP contribution in [0.15, 0.2) is 21.3 Å². The van der Waals surface area contributed by atoms with Crippen LogP contribution < -0.4 is 11.2 Å². The Hall–Kier alpha value is -3.06. The molecule has 0 bridgehead atoms. The summed E-state index contributed by atoms with van der Waals surface area (Å²) in [5.41, 5.74) is 8.50. The number of Topliss-reactive ketones (excluding diaryl/α,β-unsaturated/α-hetero) is 2. The minimum Gasteiger partial charge on any atom is -0.452 e. The van der Waals surface area contributed by atoms with Gasteiger partial charge in [-0.05, 0) is 52.2 Å². The molecule has 0 amide bonds. The van der Waals surface area contributed by atoms with Crippen molar-refractivity contribution in [2.75, 3.05) is 12.3 Å². The Morgan fingerprint density at radius 1 is 1.14 bits per heavy atom. The second-order valence-electron chi connectivity index (χ2n) is 7.53. The van der Waals surface area contributed by atoms with Gasteiger partial charge in [-0.2, -0.15) is 0 Å². The number of hydrogen-bond donors (Lipinski definition) is 1. The maximum Gasteiger partial charge on any atom is 0.193 e. The van der Waals surface area contributed by atoms with Crippen molar-refractivity contribution >= 4 is 28.4 Å². The lowest BCUT2D eigenvalue weighted by molar-refractivity contribution is 0.0186. The van der Waals surface area contributed by atoms with Crippen molar-refractivity contribution in [2.24, 2.45) is 0 Å². The summed E-state index contributed by atoms with van der Waals surface area (Å²) in [6.07, 6.45) is 1.79. The SMILES string of the molecule is CC(=O)c1cc(N)c(C)c2oc3c(C)c(=O)cc(C(=O)C4CCCCO4)c-3nc12. The molecule has 7 nitrogen and oxygen atoms in total. The molecule has 2 aliphatic heterocycles. The van der Waals surface area contributed by atoms with Crippen LogP contribution in [0.2, 0.25) is 0 Å². The standard InChI is InChI=1S/C22H22N2O5/c1-10-15(23)8-13(12(3)25)18-21(10)29-22-11(2)16(26)9-14(19(22)24-18)20(27)17-6-4-5-7-28-17/h8-9,17H,4-7,23H2,1-3H3. The molecule has 1 fully saturated rings. The second kappa shape index (κ2) is 7.08. The molecule has 29 heavy (non-hydrogen) atoms. The lowest BCUT2D eigenvalue weighted by Gasteiger charge is -2.22. The molecule has 0 spiro atoms. The minimum atomic E-state index is -0.605. The molecule has 0 radical (unpaired) electrons. The number of nitrogen functional groups attached to an aromatic ring is 1. The van der Waals surface area contributed by atoms with Gasteiger partial charge in [-0.1, -0.05) is 0 Å². The first-order chi connectivity index (χ1) is 13.8. The van der Waals surface area contributed by atoms with Crippen molar-refractivity contribution in [2.45, 2.75) is 46.1 Å². The fourth-order valence-corrected chi connectivity index (χ4v) is 3.75. The largest absolute Gasteiger partial charge is 0.452 e. The number of fused-ring (bicyclic) bond motifs is 2. The lowest BCUT2D eigenvalue weighted by atomic mass is 9.94. The minimum absolute atomic E-state index is 0.164. The highest BCUT2D eigenvalue weighted by Gasteiger charge is 2.30. The predicted molar refractivity (Wildman–Crippen MR) is 109 cm³/mol. The van der Waals surface area contributed by atoms with Gasteiger partial charge >= 0.3 is 0 Å². The molecule has 0 aromatic heterocycles. The van der Waals surface area contributed by atoms with E-state index < -0.39 is 6.10 Å². The molecule has 1 aliphatic carbocycles. The Morgan fingerprint density at radius 3 is 2.55 bits per heavy atom. The first-order valence-corrected chi connectivity index (χ1v) is 9.63. The third kappa shape index (κ3) is 3.11. The summed E-state index contributed by atoms with van der Waals surface area (Å²) in [7, 11) is 0. The molecule has 2 heterocycles. The summed E-state index contributed by atoms with van der Waals surface area (Å²) >= 11 is 0. The number of nitrogens with zero attached hydrogens (tertiary/aromatic N) is 1. The number of aryl methyl sites for hydroxylation is 1. The predicted octanol–water partition coefficient (Wildman–Crippen LogP) is 3.45. The zero-order chi connectivity index (χ0) is 20.9. The van der Waals surface area contributed by atoms with Crippen molar-refractivity contribution in [3.8, 4) is 11.5 Å². The highest BCUT2D eigenvalue weighted by molar-refractivity contribution is 6.09. The van der Waals surface area contributed by atoms with E-state index in [2.05, 4.69) is 4.98 Å². The molecule has 1 unspecified atom stereocenters. The Kier molecular flexibility index (Phi) is 4.70. The van der Waals surface area contributed by atoms with E-state index in [1.165, 1.54) is 13.0 Å². The van der Waals surface area contributed by atoms with Crippen LogP contribution in [0.1, 0.15) is 58.0 Å². The number of ketones is 2. The Bertz CT molecular complexity index is 1190. The number of anilines is 1. The highest BCUT2D eigenvalue weighted by Crippen LogP contribution is 2.35. The summed E-state index contributed by atoms with van der Waals surface area (Å²) in [5, 5.41) is 0. The third-order valence-electron chi connectivity index (χ3n) is 5.54. The van der Waals surface area contributed by atoms with Crippen LogP contribution in [0.5, 0.6) is 0 Å². The van der Waals surface area contributed by atoms with E-state index >= 15 is 0 Å². The molecule has 0 saturated carbocycles. The van der Waals surface area contributed by atoms with Gasteiger partial charge in [-0.25, -0.2) is 4.98 Å². The average molecular weight is 394 g/mol. The quantitative estimate of drug-likeness (QED) is 0.411. The zero-order valence-electron chi connectivity index (χ0n) is 16.6. The number of rotatable bonds is 3. The van der Waals surface area contributed by atoms with E-state index in [4.69, 9.17) is 14.9 Å². The first-order valence-electron chi connectivity index (χ1n) is 9.63. The van der Waals surface area contributed by atoms with Crippen molar-refractivity contribution < 1.29 is 18.7 Å². The molecular weight excluding hydrogens is 372 g/mol. The van der Waals surface area contributed by atoms with E-state index in [1.807, 2.05) is 0 Å². The van der Waals surface area contributed by atoms with Gasteiger partial charge in [0, 0.05) is 29.0 Å². The zero-order valence-corrected chi connectivity index (χ0v) is 16.6. The molecule has 150 valence electrons. The van der Waals surface area contributed by atoms with Gasteiger partial charge < -0.3 is 14.9 Å². The van der Waals surface area contributed by atoms with Crippen LogP contribution in [-0.4, -0.2) is 29.3 Å². The van der Waals surface area contributed by atoms with Crippen LogP contribution >= 0.6 is 0 Å². The number of nitrogens with two attached hydrogens (primary N) is 1. The molecule has 7 heteroatoms. The van der Waals surface area contributed by atoms with Crippen molar-refractivity contribution in [1.82, 2.24) is 4.98 Å². The molecule has 1 aromatic rings. The Morgan fingerprint density at radius 2 is 1.90 bits per heavy atom. The van der Waals surface area contributed by atoms with Gasteiger partial charge in [0.15, 0.2) is 28.3 Å². The van der Waals surface area contributed by atoms with Gasteiger partial charge in [0.05, 0.1) is 5.56 Å². The fourth-order valence-electron chi connectivity index (χ4n) is 3.75. The monoisotopic (exact) mass is 394 g/mol. The molecule has 1 atom stereocenters. The maximum atomic E-state index is 13.1. The summed E-state index contributed by atoms with van der Waals surface area (Å²) in [6.45, 7) is 5.32. The summed E-state index contributed by atoms with van der Waals surface area (Å²) < 4.78 is 11.7. The second-order valence-corrected chi connectivity index (χ2v) is 7.53. The van der Waals surface area contributed by atoms with E-state index in [-0.39, 0.29) is 34.0 Å². The first kappa shape index (κ1) is 19.3. The number of carbonyl (C=O) groups is 2. The number of aromatic nitrogens is 1. The molecule has 4 rings (SSSR count). The van der Waals surface area contributed by atoms with Crippen molar-refractivity contribution in [3.63, 3.8) is 0 Å². The number of benzene rings is 2. The van der Waals surface area contributed by atoms with E-state index in [0.717, 1.165) is 12.8 Å². The van der Waals surface area contributed by atoms with Crippen LogP contribution in [0.25, 0.3) is 22.6 Å². The van der Waals surface area contributed by atoms with Gasteiger partial charge in [-0.15, -0.1) is 0 Å². The summed E-state index contributed by atoms with van der Waals surface area (Å²) in [5.74, 6) is -0.276. The highest BCUT2D eigenvalue weighted by atomic mass is 16.5. The molecular formula is C22H22N2O5. The van der Waals surface area contributed by atoms with Gasteiger partial charge in [0.1, 0.15) is 17.3 Å².